The summed E-state index contributed by atoms with van der Waals surface area (Å²) in [6.07, 6.45) is 1.58. The third-order valence-electron chi connectivity index (χ3n) is 3.13. The summed E-state index contributed by atoms with van der Waals surface area (Å²) < 4.78 is 24.1. The van der Waals surface area contributed by atoms with E-state index in [4.69, 9.17) is 0 Å². The zero-order valence-corrected chi connectivity index (χ0v) is 12.8. The van der Waals surface area contributed by atoms with Gasteiger partial charge in [0.1, 0.15) is 0 Å². The average molecular weight is 302 g/mol. The van der Waals surface area contributed by atoms with Crippen LogP contribution in [0.1, 0.15) is 24.0 Å². The van der Waals surface area contributed by atoms with Crippen LogP contribution in [-0.4, -0.2) is 14.6 Å². The van der Waals surface area contributed by atoms with Crippen molar-refractivity contribution < 1.29 is 8.42 Å². The maximum absolute atomic E-state index is 12.0. The van der Waals surface area contributed by atoms with Crippen molar-refractivity contribution >= 4 is 16.2 Å². The van der Waals surface area contributed by atoms with Gasteiger partial charge in [-0.2, -0.15) is 13.5 Å². The number of nitrogens with one attached hydrogen (secondary N) is 1. The molecule has 0 aliphatic rings. The molecule has 21 heavy (non-hydrogen) atoms. The van der Waals surface area contributed by atoms with Crippen molar-refractivity contribution in [3.8, 4) is 0 Å². The van der Waals surface area contributed by atoms with Crippen LogP contribution in [0.3, 0.4) is 0 Å². The van der Waals surface area contributed by atoms with Crippen molar-refractivity contribution in [1.82, 2.24) is 4.83 Å². The maximum Gasteiger partial charge on any atom is 0.276 e. The molecule has 0 spiro atoms. The second-order valence-corrected chi connectivity index (χ2v) is 6.55. The normalized spacial score (nSPS) is 13.2. The number of benzene rings is 2. The van der Waals surface area contributed by atoms with Gasteiger partial charge in [-0.3, -0.25) is 0 Å². The molecule has 1 unspecified atom stereocenters. The summed E-state index contributed by atoms with van der Waals surface area (Å²) in [5.74, 6) is 0.0342. The molecule has 0 aliphatic carbocycles. The molecule has 2 aromatic carbocycles. The van der Waals surface area contributed by atoms with Crippen LogP contribution in [0.15, 0.2) is 64.6 Å². The van der Waals surface area contributed by atoms with Gasteiger partial charge >= 0.3 is 0 Å². The zero-order chi connectivity index (χ0) is 15.3. The van der Waals surface area contributed by atoms with Gasteiger partial charge in [0.2, 0.25) is 0 Å². The van der Waals surface area contributed by atoms with E-state index in [9.17, 15) is 8.42 Å². The minimum atomic E-state index is -3.60. The monoisotopic (exact) mass is 302 g/mol. The van der Waals surface area contributed by atoms with Crippen LogP contribution in [0.5, 0.6) is 0 Å². The fraction of sp³-hybridized carbons (Fsp3) is 0.188. The quantitative estimate of drug-likeness (QED) is 0.681. The Labute approximate surface area is 125 Å². The second-order valence-electron chi connectivity index (χ2n) is 4.89. The summed E-state index contributed by atoms with van der Waals surface area (Å²) in [5.41, 5.74) is 2.09. The maximum atomic E-state index is 12.0. The van der Waals surface area contributed by atoms with Gasteiger partial charge in [-0.05, 0) is 24.6 Å². The largest absolute Gasteiger partial charge is 0.276 e. The lowest BCUT2D eigenvalue weighted by Gasteiger charge is -2.06. The third kappa shape index (κ3) is 4.16. The van der Waals surface area contributed by atoms with E-state index in [0.29, 0.717) is 0 Å². The van der Waals surface area contributed by atoms with Gasteiger partial charge < -0.3 is 0 Å². The van der Waals surface area contributed by atoms with E-state index in [2.05, 4.69) is 9.93 Å². The van der Waals surface area contributed by atoms with E-state index >= 15 is 0 Å². The number of hydrogen-bond acceptors (Lipinski definition) is 3. The smallest absolute Gasteiger partial charge is 0.200 e. The minimum Gasteiger partial charge on any atom is -0.200 e. The Balaban J connectivity index is 2.05. The molecule has 0 bridgehead atoms. The van der Waals surface area contributed by atoms with E-state index in [0.717, 1.165) is 11.1 Å². The van der Waals surface area contributed by atoms with Crippen molar-refractivity contribution in [3.63, 3.8) is 0 Å². The van der Waals surface area contributed by atoms with Crippen LogP contribution < -0.4 is 4.83 Å². The first-order chi connectivity index (χ1) is 9.99. The summed E-state index contributed by atoms with van der Waals surface area (Å²) in [5, 5.41) is 3.86. The predicted molar refractivity (Wildman–Crippen MR) is 84.8 cm³/mol. The SMILES string of the molecule is Cc1ccc(S(=O)(=O)N/N=C/C(C)c2ccccc2)cc1. The highest BCUT2D eigenvalue weighted by Gasteiger charge is 2.12. The van der Waals surface area contributed by atoms with Crippen molar-refractivity contribution in [2.75, 3.05) is 0 Å². The third-order valence-corrected chi connectivity index (χ3v) is 4.37. The Kier molecular flexibility index (Phi) is 4.75. The molecule has 0 fully saturated rings. The standard InChI is InChI=1S/C16H18N2O2S/c1-13-8-10-16(11-9-13)21(19,20)18-17-12-14(2)15-6-4-3-5-7-15/h3-12,14,18H,1-2H3/b17-12+. The van der Waals surface area contributed by atoms with Gasteiger partial charge in [-0.1, -0.05) is 55.0 Å². The first-order valence-electron chi connectivity index (χ1n) is 6.65. The number of nitrogens with zero attached hydrogens (tertiary/aromatic N) is 1. The zero-order valence-electron chi connectivity index (χ0n) is 12.0. The van der Waals surface area contributed by atoms with Gasteiger partial charge in [0.15, 0.2) is 0 Å². The molecule has 0 aromatic heterocycles. The molecule has 0 heterocycles. The van der Waals surface area contributed by atoms with Crippen molar-refractivity contribution in [2.24, 2.45) is 5.10 Å². The molecule has 2 rings (SSSR count). The van der Waals surface area contributed by atoms with E-state index in [1.54, 1.807) is 30.5 Å². The van der Waals surface area contributed by atoms with Gasteiger partial charge in [-0.15, -0.1) is 0 Å². The molecular formula is C16H18N2O2S. The Morgan fingerprint density at radius 1 is 1.05 bits per heavy atom. The van der Waals surface area contributed by atoms with Gasteiger partial charge in [0.25, 0.3) is 10.0 Å². The first-order valence-corrected chi connectivity index (χ1v) is 8.14. The number of aryl methyl sites for hydroxylation is 1. The molecule has 1 N–H and O–H groups in total. The molecule has 2 aromatic rings. The van der Waals surface area contributed by atoms with Crippen LogP contribution in [0.4, 0.5) is 0 Å². The molecule has 5 heteroatoms. The van der Waals surface area contributed by atoms with E-state index in [1.807, 2.05) is 44.2 Å². The summed E-state index contributed by atoms with van der Waals surface area (Å²) in [6.45, 7) is 3.86. The summed E-state index contributed by atoms with van der Waals surface area (Å²) in [7, 11) is -3.60. The predicted octanol–water partition coefficient (Wildman–Crippen LogP) is 3.06. The fourth-order valence-corrected chi connectivity index (χ4v) is 2.62. The Bertz CT molecular complexity index is 708. The highest BCUT2D eigenvalue weighted by molar-refractivity contribution is 7.89. The summed E-state index contributed by atoms with van der Waals surface area (Å²) in [4.78, 5) is 2.44. The lowest BCUT2D eigenvalue weighted by Crippen LogP contribution is -2.18. The van der Waals surface area contributed by atoms with Gasteiger partial charge in [0, 0.05) is 12.1 Å². The van der Waals surface area contributed by atoms with Crippen molar-refractivity contribution in [3.05, 3.63) is 65.7 Å². The average Bonchev–Trinajstić information content (AvgIpc) is 2.48. The molecular weight excluding hydrogens is 284 g/mol. The topological polar surface area (TPSA) is 58.5 Å². The van der Waals surface area contributed by atoms with Crippen LogP contribution in [0.25, 0.3) is 0 Å². The second kappa shape index (κ2) is 6.54. The van der Waals surface area contributed by atoms with Crippen LogP contribution in [0, 0.1) is 6.92 Å². The Morgan fingerprint density at radius 3 is 2.29 bits per heavy atom. The molecule has 0 amide bonds. The molecule has 1 atom stereocenters. The van der Waals surface area contributed by atoms with Gasteiger partial charge in [0.05, 0.1) is 4.90 Å². The van der Waals surface area contributed by atoms with Gasteiger partial charge in [-0.25, -0.2) is 4.83 Å². The van der Waals surface area contributed by atoms with E-state index in [-0.39, 0.29) is 10.8 Å². The van der Waals surface area contributed by atoms with Crippen LogP contribution >= 0.6 is 0 Å². The highest BCUT2D eigenvalue weighted by atomic mass is 32.2. The molecule has 0 saturated heterocycles. The van der Waals surface area contributed by atoms with Crippen LogP contribution in [0.2, 0.25) is 0 Å². The lowest BCUT2D eigenvalue weighted by atomic mass is 10.0. The van der Waals surface area contributed by atoms with Crippen molar-refractivity contribution in [2.45, 2.75) is 24.7 Å². The van der Waals surface area contributed by atoms with E-state index < -0.39 is 10.0 Å². The molecule has 0 aliphatic heterocycles. The van der Waals surface area contributed by atoms with Crippen LogP contribution in [-0.2, 0) is 10.0 Å². The summed E-state index contributed by atoms with van der Waals surface area (Å²) >= 11 is 0. The molecule has 110 valence electrons. The molecule has 0 radical (unpaired) electrons. The number of hydrazone groups is 1. The minimum absolute atomic E-state index is 0.0342. The Hall–Kier alpha value is -2.14. The van der Waals surface area contributed by atoms with E-state index in [1.165, 1.54) is 0 Å². The number of sulfonamides is 1. The van der Waals surface area contributed by atoms with Crippen molar-refractivity contribution in [1.29, 1.82) is 0 Å². The molecule has 0 saturated carbocycles. The fourth-order valence-electron chi connectivity index (χ4n) is 1.82. The highest BCUT2D eigenvalue weighted by Crippen LogP contribution is 2.12. The lowest BCUT2D eigenvalue weighted by molar-refractivity contribution is 0.584. The number of hydrogen-bond donors (Lipinski definition) is 1. The number of rotatable bonds is 5. The Morgan fingerprint density at radius 2 is 1.67 bits per heavy atom. The summed E-state index contributed by atoms with van der Waals surface area (Å²) in [6, 6.07) is 16.4. The first kappa shape index (κ1) is 15.3. The molecule has 4 nitrogen and oxygen atoms in total.